The van der Waals surface area contributed by atoms with Crippen LogP contribution < -0.4 is 14.8 Å². The Bertz CT molecular complexity index is 1060. The van der Waals surface area contributed by atoms with Gasteiger partial charge >= 0.3 is 5.97 Å². The van der Waals surface area contributed by atoms with Crippen molar-refractivity contribution in [3.8, 4) is 21.9 Å². The highest BCUT2D eigenvalue weighted by Crippen LogP contribution is 2.39. The normalized spacial score (nSPS) is 12.5. The van der Waals surface area contributed by atoms with Gasteiger partial charge in [0.2, 0.25) is 0 Å². The minimum Gasteiger partial charge on any atom is -0.486 e. The summed E-state index contributed by atoms with van der Waals surface area (Å²) in [6.07, 6.45) is 0. The molecule has 1 aliphatic heterocycles. The van der Waals surface area contributed by atoms with Gasteiger partial charge in [-0.2, -0.15) is 0 Å². The number of halogens is 1. The van der Waals surface area contributed by atoms with Gasteiger partial charge in [0.25, 0.3) is 5.91 Å². The quantitative estimate of drug-likeness (QED) is 0.640. The van der Waals surface area contributed by atoms with E-state index in [0.29, 0.717) is 24.7 Å². The first-order chi connectivity index (χ1) is 13.5. The van der Waals surface area contributed by atoms with Crippen LogP contribution >= 0.6 is 22.9 Å². The first-order valence-corrected chi connectivity index (χ1v) is 9.55. The van der Waals surface area contributed by atoms with Crippen molar-refractivity contribution in [1.29, 1.82) is 0 Å². The van der Waals surface area contributed by atoms with Crippen molar-refractivity contribution in [2.45, 2.75) is 0 Å². The predicted molar refractivity (Wildman–Crippen MR) is 107 cm³/mol. The molecule has 142 valence electrons. The lowest BCUT2D eigenvalue weighted by atomic mass is 10.1. The second-order valence-corrected chi connectivity index (χ2v) is 7.42. The Hall–Kier alpha value is -3.03. The number of carbonyl (C=O) groups is 2. The number of amides is 1. The van der Waals surface area contributed by atoms with E-state index < -0.39 is 11.9 Å². The molecule has 0 aliphatic carbocycles. The molecule has 1 aromatic heterocycles. The van der Waals surface area contributed by atoms with Crippen molar-refractivity contribution >= 4 is 40.5 Å². The van der Waals surface area contributed by atoms with E-state index in [9.17, 15) is 14.7 Å². The van der Waals surface area contributed by atoms with Crippen molar-refractivity contribution in [3.05, 3.63) is 64.0 Å². The maximum atomic E-state index is 12.7. The third kappa shape index (κ3) is 3.54. The minimum atomic E-state index is -1.11. The van der Waals surface area contributed by atoms with Crippen LogP contribution in [0.5, 0.6) is 11.5 Å². The molecule has 0 saturated carbocycles. The largest absolute Gasteiger partial charge is 0.486 e. The van der Waals surface area contributed by atoms with Gasteiger partial charge in [0.05, 0.1) is 10.7 Å². The molecular weight excluding hydrogens is 402 g/mol. The van der Waals surface area contributed by atoms with Gasteiger partial charge < -0.3 is 19.9 Å². The molecule has 1 amide bonds. The number of carbonyl (C=O) groups excluding carboxylic acids is 1. The molecule has 0 fully saturated rings. The van der Waals surface area contributed by atoms with E-state index in [2.05, 4.69) is 5.32 Å². The topological polar surface area (TPSA) is 84.9 Å². The molecule has 0 unspecified atom stereocenters. The Kier molecular flexibility index (Phi) is 4.93. The fourth-order valence-corrected chi connectivity index (χ4v) is 4.05. The van der Waals surface area contributed by atoms with Crippen LogP contribution in [0.3, 0.4) is 0 Å². The molecule has 0 radical (unpaired) electrons. The molecule has 6 nitrogen and oxygen atoms in total. The van der Waals surface area contributed by atoms with Crippen molar-refractivity contribution in [2.75, 3.05) is 18.5 Å². The van der Waals surface area contributed by atoms with Gasteiger partial charge in [0, 0.05) is 10.4 Å². The highest BCUT2D eigenvalue weighted by molar-refractivity contribution is 7.18. The average molecular weight is 416 g/mol. The number of hydrogen-bond donors (Lipinski definition) is 2. The molecule has 28 heavy (non-hydrogen) atoms. The molecule has 4 rings (SSSR count). The van der Waals surface area contributed by atoms with E-state index in [-0.39, 0.29) is 21.2 Å². The Morgan fingerprint density at radius 3 is 2.57 bits per heavy atom. The lowest BCUT2D eigenvalue weighted by Gasteiger charge is -2.20. The van der Waals surface area contributed by atoms with Crippen LogP contribution in [-0.4, -0.2) is 30.2 Å². The van der Waals surface area contributed by atoms with Gasteiger partial charge in [-0.05, 0) is 23.8 Å². The molecule has 1 aliphatic rings. The fraction of sp³-hybridized carbons (Fsp3) is 0.100. The van der Waals surface area contributed by atoms with Gasteiger partial charge in [-0.1, -0.05) is 41.9 Å². The second kappa shape index (κ2) is 7.53. The number of carboxylic acids is 1. The highest BCUT2D eigenvalue weighted by atomic mass is 35.5. The molecule has 3 aromatic rings. The summed E-state index contributed by atoms with van der Waals surface area (Å²) in [5, 5.41) is 12.4. The maximum absolute atomic E-state index is 12.7. The van der Waals surface area contributed by atoms with E-state index in [0.717, 1.165) is 21.8 Å². The van der Waals surface area contributed by atoms with E-state index in [4.69, 9.17) is 21.1 Å². The smallest absolute Gasteiger partial charge is 0.348 e. The Balaban J connectivity index is 1.65. The van der Waals surface area contributed by atoms with Crippen LogP contribution in [0.1, 0.15) is 20.0 Å². The first-order valence-electron chi connectivity index (χ1n) is 8.36. The van der Waals surface area contributed by atoms with Crippen molar-refractivity contribution in [2.24, 2.45) is 0 Å². The molecule has 0 saturated heterocycles. The van der Waals surface area contributed by atoms with E-state index in [1.165, 1.54) is 12.1 Å². The van der Waals surface area contributed by atoms with Gasteiger partial charge in [-0.3, -0.25) is 4.79 Å². The van der Waals surface area contributed by atoms with Crippen LogP contribution in [-0.2, 0) is 0 Å². The zero-order chi connectivity index (χ0) is 19.7. The summed E-state index contributed by atoms with van der Waals surface area (Å²) in [5.74, 6) is -0.809. The number of carboxylic acid groups (broad SMARTS) is 1. The van der Waals surface area contributed by atoms with E-state index in [1.807, 2.05) is 30.3 Å². The van der Waals surface area contributed by atoms with Crippen LogP contribution in [0.25, 0.3) is 10.4 Å². The third-order valence-corrected chi connectivity index (χ3v) is 5.54. The van der Waals surface area contributed by atoms with E-state index >= 15 is 0 Å². The average Bonchev–Trinajstić information content (AvgIpc) is 3.13. The van der Waals surface area contributed by atoms with Gasteiger partial charge in [-0.15, -0.1) is 11.3 Å². The number of fused-ring (bicyclic) bond motifs is 1. The number of rotatable bonds is 4. The Labute approximate surface area is 169 Å². The molecule has 8 heteroatoms. The summed E-state index contributed by atoms with van der Waals surface area (Å²) < 4.78 is 10.9. The molecule has 0 spiro atoms. The monoisotopic (exact) mass is 415 g/mol. The number of ether oxygens (including phenoxy) is 2. The maximum Gasteiger partial charge on any atom is 0.348 e. The number of anilines is 1. The van der Waals surface area contributed by atoms with E-state index in [1.54, 1.807) is 6.07 Å². The van der Waals surface area contributed by atoms with Gasteiger partial charge in [0.15, 0.2) is 11.5 Å². The van der Waals surface area contributed by atoms with Gasteiger partial charge in [0.1, 0.15) is 18.1 Å². The third-order valence-electron chi connectivity index (χ3n) is 4.09. The first kappa shape index (κ1) is 18.3. The van der Waals surface area contributed by atoms with Gasteiger partial charge in [-0.25, -0.2) is 4.79 Å². The predicted octanol–water partition coefficient (Wildman–Crippen LogP) is 4.79. The summed E-state index contributed by atoms with van der Waals surface area (Å²) >= 11 is 7.28. The highest BCUT2D eigenvalue weighted by Gasteiger charge is 2.22. The molecule has 0 bridgehead atoms. The lowest BCUT2D eigenvalue weighted by Crippen LogP contribution is -2.18. The summed E-state index contributed by atoms with van der Waals surface area (Å²) in [4.78, 5) is 25.1. The molecule has 2 heterocycles. The summed E-state index contributed by atoms with van der Waals surface area (Å²) in [5.41, 5.74) is 1.35. The standard InChI is InChI=1S/C20H14ClNO5S/c21-13-8-12(9-15-17(13)27-7-6-26-15)19(23)22-14-10-16(28-18(14)20(24)25)11-4-2-1-3-5-11/h1-5,8-10H,6-7H2,(H,22,23)(H,24,25). The van der Waals surface area contributed by atoms with Crippen LogP contribution in [0.15, 0.2) is 48.5 Å². The van der Waals surface area contributed by atoms with Crippen molar-refractivity contribution in [3.63, 3.8) is 0 Å². The number of hydrogen-bond acceptors (Lipinski definition) is 5. The van der Waals surface area contributed by atoms with Crippen LogP contribution in [0.4, 0.5) is 5.69 Å². The Morgan fingerprint density at radius 2 is 1.82 bits per heavy atom. The number of nitrogens with one attached hydrogen (secondary N) is 1. The number of thiophene rings is 1. The summed E-state index contributed by atoms with van der Waals surface area (Å²) in [6, 6.07) is 14.0. The molecular formula is C20H14ClNO5S. The second-order valence-electron chi connectivity index (χ2n) is 5.96. The van der Waals surface area contributed by atoms with Crippen LogP contribution in [0.2, 0.25) is 5.02 Å². The minimum absolute atomic E-state index is 0.0517. The number of aromatic carboxylic acids is 1. The summed E-state index contributed by atoms with van der Waals surface area (Å²) in [6.45, 7) is 0.750. The molecule has 2 N–H and O–H groups in total. The van der Waals surface area contributed by atoms with Crippen LogP contribution in [0, 0.1) is 0 Å². The molecule has 2 aromatic carbocycles. The number of benzene rings is 2. The zero-order valence-electron chi connectivity index (χ0n) is 14.4. The lowest BCUT2D eigenvalue weighted by molar-refractivity contribution is 0.0703. The SMILES string of the molecule is O=C(Nc1cc(-c2ccccc2)sc1C(=O)O)c1cc(Cl)c2c(c1)OCCO2. The Morgan fingerprint density at radius 1 is 1.07 bits per heavy atom. The van der Waals surface area contributed by atoms with Crippen molar-refractivity contribution in [1.82, 2.24) is 0 Å². The van der Waals surface area contributed by atoms with Crippen molar-refractivity contribution < 1.29 is 24.2 Å². The molecule has 0 atom stereocenters. The zero-order valence-corrected chi connectivity index (χ0v) is 16.0. The summed E-state index contributed by atoms with van der Waals surface area (Å²) in [7, 11) is 0. The fourth-order valence-electron chi connectivity index (χ4n) is 2.82.